The van der Waals surface area contributed by atoms with Crippen LogP contribution in [0.15, 0.2) is 6.07 Å². The van der Waals surface area contributed by atoms with Crippen molar-refractivity contribution in [1.82, 2.24) is 10.2 Å². The summed E-state index contributed by atoms with van der Waals surface area (Å²) in [6, 6.07) is 1.66. The van der Waals surface area contributed by atoms with Gasteiger partial charge in [0.05, 0.1) is 6.61 Å². The summed E-state index contributed by atoms with van der Waals surface area (Å²) in [5, 5.41) is 17.0. The highest BCUT2D eigenvalue weighted by Gasteiger charge is 2.13. The molecular formula is C15H20N2O3. The van der Waals surface area contributed by atoms with Crippen LogP contribution in [0.25, 0.3) is 0 Å². The maximum Gasteiger partial charge on any atom is 0.358 e. The zero-order valence-electron chi connectivity index (χ0n) is 12.3. The molecule has 0 spiro atoms. The molecule has 0 radical (unpaired) electrons. The van der Waals surface area contributed by atoms with Crippen molar-refractivity contribution >= 4 is 5.97 Å². The van der Waals surface area contributed by atoms with Gasteiger partial charge in [0, 0.05) is 0 Å². The first-order valence-corrected chi connectivity index (χ1v) is 6.67. The second kappa shape index (κ2) is 7.61. The third-order valence-electron chi connectivity index (χ3n) is 2.39. The number of aliphatic hydroxyl groups excluding tert-OH is 1. The Kier molecular flexibility index (Phi) is 6.13. The third-order valence-corrected chi connectivity index (χ3v) is 2.39. The summed E-state index contributed by atoms with van der Waals surface area (Å²) in [6.07, 6.45) is -0.000378. The van der Waals surface area contributed by atoms with Crippen molar-refractivity contribution in [2.24, 2.45) is 5.92 Å². The Morgan fingerprint density at radius 1 is 1.40 bits per heavy atom. The lowest BCUT2D eigenvalue weighted by atomic mass is 10.0. The summed E-state index contributed by atoms with van der Waals surface area (Å²) in [5.41, 5.74) is 1.52. The SMILES string of the molecule is CCOC(=O)c1cc(CC(C)C)c(C#CC(C)O)nn1. The molecule has 0 aliphatic rings. The fourth-order valence-corrected chi connectivity index (χ4v) is 1.61. The molecule has 0 fully saturated rings. The smallest absolute Gasteiger partial charge is 0.358 e. The lowest BCUT2D eigenvalue weighted by molar-refractivity contribution is 0.0518. The largest absolute Gasteiger partial charge is 0.461 e. The maximum atomic E-state index is 11.7. The topological polar surface area (TPSA) is 72.3 Å². The number of aromatic nitrogens is 2. The fraction of sp³-hybridized carbons (Fsp3) is 0.533. The summed E-state index contributed by atoms with van der Waals surface area (Å²) in [6.45, 7) is 7.74. The summed E-state index contributed by atoms with van der Waals surface area (Å²) in [5.74, 6) is 5.33. The van der Waals surface area contributed by atoms with Crippen molar-refractivity contribution in [2.45, 2.75) is 40.2 Å². The molecule has 0 aliphatic carbocycles. The van der Waals surface area contributed by atoms with E-state index in [1.54, 1.807) is 19.9 Å². The molecule has 1 rings (SSSR count). The van der Waals surface area contributed by atoms with Crippen molar-refractivity contribution in [3.05, 3.63) is 23.0 Å². The average molecular weight is 276 g/mol. The van der Waals surface area contributed by atoms with E-state index in [4.69, 9.17) is 4.74 Å². The van der Waals surface area contributed by atoms with Crippen molar-refractivity contribution < 1.29 is 14.6 Å². The minimum Gasteiger partial charge on any atom is -0.461 e. The van der Waals surface area contributed by atoms with E-state index in [-0.39, 0.29) is 5.69 Å². The number of aliphatic hydroxyl groups is 1. The Morgan fingerprint density at radius 2 is 2.10 bits per heavy atom. The van der Waals surface area contributed by atoms with Gasteiger partial charge in [0.1, 0.15) is 11.8 Å². The quantitative estimate of drug-likeness (QED) is 0.668. The molecule has 5 nitrogen and oxygen atoms in total. The summed E-state index contributed by atoms with van der Waals surface area (Å²) in [7, 11) is 0. The van der Waals surface area contributed by atoms with E-state index in [1.165, 1.54) is 0 Å². The van der Waals surface area contributed by atoms with Crippen LogP contribution in [0.1, 0.15) is 49.4 Å². The maximum absolute atomic E-state index is 11.7. The van der Waals surface area contributed by atoms with E-state index in [1.807, 2.05) is 0 Å². The van der Waals surface area contributed by atoms with Gasteiger partial charge in [-0.05, 0) is 43.7 Å². The number of hydrogen-bond donors (Lipinski definition) is 1. The van der Waals surface area contributed by atoms with Crippen molar-refractivity contribution in [3.63, 3.8) is 0 Å². The van der Waals surface area contributed by atoms with E-state index >= 15 is 0 Å². The minimum atomic E-state index is -0.728. The van der Waals surface area contributed by atoms with E-state index in [0.717, 1.165) is 12.0 Å². The number of hydrogen-bond acceptors (Lipinski definition) is 5. The van der Waals surface area contributed by atoms with Gasteiger partial charge in [-0.2, -0.15) is 0 Å². The molecule has 0 aromatic carbocycles. The highest BCUT2D eigenvalue weighted by atomic mass is 16.5. The Balaban J connectivity index is 3.13. The number of carbonyl (C=O) groups is 1. The van der Waals surface area contributed by atoms with Crippen LogP contribution < -0.4 is 0 Å². The number of esters is 1. The number of rotatable bonds is 4. The van der Waals surface area contributed by atoms with E-state index < -0.39 is 12.1 Å². The zero-order chi connectivity index (χ0) is 15.1. The first kappa shape index (κ1) is 16.1. The van der Waals surface area contributed by atoms with Crippen LogP contribution in [0.4, 0.5) is 0 Å². The zero-order valence-corrected chi connectivity index (χ0v) is 12.3. The van der Waals surface area contributed by atoms with Gasteiger partial charge in [0.15, 0.2) is 5.69 Å². The molecule has 1 aromatic heterocycles. The molecule has 1 aromatic rings. The normalized spacial score (nSPS) is 11.7. The van der Waals surface area contributed by atoms with Crippen molar-refractivity contribution in [1.29, 1.82) is 0 Å². The van der Waals surface area contributed by atoms with Crippen molar-refractivity contribution in [3.8, 4) is 11.8 Å². The molecule has 0 amide bonds. The van der Waals surface area contributed by atoms with Crippen LogP contribution in [0.5, 0.6) is 0 Å². The Labute approximate surface area is 119 Å². The Morgan fingerprint density at radius 3 is 2.65 bits per heavy atom. The molecule has 0 bridgehead atoms. The van der Waals surface area contributed by atoms with Crippen LogP contribution in [-0.2, 0) is 11.2 Å². The van der Waals surface area contributed by atoms with Crippen LogP contribution in [0.2, 0.25) is 0 Å². The lowest BCUT2D eigenvalue weighted by Crippen LogP contribution is -2.11. The van der Waals surface area contributed by atoms with Crippen LogP contribution >= 0.6 is 0 Å². The summed E-state index contributed by atoms with van der Waals surface area (Å²) < 4.78 is 4.91. The summed E-state index contributed by atoms with van der Waals surface area (Å²) >= 11 is 0. The highest BCUT2D eigenvalue weighted by Crippen LogP contribution is 2.13. The van der Waals surface area contributed by atoms with Crippen LogP contribution in [0, 0.1) is 17.8 Å². The van der Waals surface area contributed by atoms with Crippen molar-refractivity contribution in [2.75, 3.05) is 6.61 Å². The van der Waals surface area contributed by atoms with Crippen LogP contribution in [0.3, 0.4) is 0 Å². The molecule has 0 aliphatic heterocycles. The standard InChI is InChI=1S/C15H20N2O3/c1-5-20-15(19)14-9-12(8-10(2)3)13(16-17-14)7-6-11(4)18/h9-11,18H,5,8H2,1-4H3. The molecule has 1 atom stereocenters. The monoisotopic (exact) mass is 276 g/mol. The number of nitrogens with zero attached hydrogens (tertiary/aromatic N) is 2. The fourth-order valence-electron chi connectivity index (χ4n) is 1.61. The van der Waals surface area contributed by atoms with Gasteiger partial charge in [-0.3, -0.25) is 0 Å². The molecular weight excluding hydrogens is 256 g/mol. The lowest BCUT2D eigenvalue weighted by Gasteiger charge is -2.08. The molecule has 0 saturated carbocycles. The highest BCUT2D eigenvalue weighted by molar-refractivity contribution is 5.87. The second-order valence-corrected chi connectivity index (χ2v) is 4.87. The number of carbonyl (C=O) groups excluding carboxylic acids is 1. The Bertz CT molecular complexity index is 528. The Hall–Kier alpha value is -1.93. The van der Waals surface area contributed by atoms with Gasteiger partial charge >= 0.3 is 5.97 Å². The molecule has 5 heteroatoms. The first-order chi connectivity index (χ1) is 9.43. The predicted octanol–water partition coefficient (Wildman–Crippen LogP) is 1.58. The molecule has 0 saturated heterocycles. The molecule has 1 unspecified atom stereocenters. The van der Waals surface area contributed by atoms with Gasteiger partial charge < -0.3 is 9.84 Å². The molecule has 1 heterocycles. The minimum absolute atomic E-state index is 0.185. The second-order valence-electron chi connectivity index (χ2n) is 4.87. The predicted molar refractivity (Wildman–Crippen MR) is 75.1 cm³/mol. The van der Waals surface area contributed by atoms with E-state index in [2.05, 4.69) is 35.9 Å². The average Bonchev–Trinajstić information content (AvgIpc) is 2.36. The van der Waals surface area contributed by atoms with Gasteiger partial charge in [-0.15, -0.1) is 10.2 Å². The van der Waals surface area contributed by atoms with E-state index in [9.17, 15) is 9.90 Å². The number of ether oxygens (including phenoxy) is 1. The van der Waals surface area contributed by atoms with Gasteiger partial charge in [0.2, 0.25) is 0 Å². The van der Waals surface area contributed by atoms with Crippen LogP contribution in [-0.4, -0.2) is 34.0 Å². The van der Waals surface area contributed by atoms with E-state index in [0.29, 0.717) is 18.2 Å². The molecule has 20 heavy (non-hydrogen) atoms. The third kappa shape index (κ3) is 4.98. The van der Waals surface area contributed by atoms with Gasteiger partial charge in [0.25, 0.3) is 0 Å². The first-order valence-electron chi connectivity index (χ1n) is 6.67. The van der Waals surface area contributed by atoms with Gasteiger partial charge in [-0.25, -0.2) is 4.79 Å². The molecule has 108 valence electrons. The molecule has 1 N–H and O–H groups in total. The van der Waals surface area contributed by atoms with Gasteiger partial charge in [-0.1, -0.05) is 19.8 Å². The summed E-state index contributed by atoms with van der Waals surface area (Å²) in [4.78, 5) is 11.7.